The van der Waals surface area contributed by atoms with Gasteiger partial charge in [0.25, 0.3) is 5.56 Å². The Hall–Kier alpha value is -3.27. The summed E-state index contributed by atoms with van der Waals surface area (Å²) < 4.78 is 23.3. The van der Waals surface area contributed by atoms with Crippen LogP contribution in [0.15, 0.2) is 33.9 Å². The van der Waals surface area contributed by atoms with Gasteiger partial charge < -0.3 is 9.30 Å². The van der Waals surface area contributed by atoms with Gasteiger partial charge in [0.05, 0.1) is 6.61 Å². The summed E-state index contributed by atoms with van der Waals surface area (Å²) in [7, 11) is 1.56. The number of ether oxygens (including phenoxy) is 1. The molecular formula is C17H17FN6O3. The molecule has 27 heavy (non-hydrogen) atoms. The molecule has 0 atom stereocenters. The van der Waals surface area contributed by atoms with E-state index in [9.17, 15) is 14.0 Å². The highest BCUT2D eigenvalue weighted by Crippen LogP contribution is 2.24. The second kappa shape index (κ2) is 6.47. The molecule has 1 aromatic carbocycles. The molecule has 0 aliphatic carbocycles. The number of H-pyrrole nitrogens is 1. The fourth-order valence-electron chi connectivity index (χ4n) is 3.14. The SMILES string of the molecule is CCOCCn1c2c(=O)[nH]c(=O)n(C)c2n2c(-c3ccc(F)cc3)nnc12. The number of halogens is 1. The fourth-order valence-corrected chi connectivity index (χ4v) is 3.14. The highest BCUT2D eigenvalue weighted by Gasteiger charge is 2.22. The van der Waals surface area contributed by atoms with Gasteiger partial charge in [-0.2, -0.15) is 0 Å². The lowest BCUT2D eigenvalue weighted by Crippen LogP contribution is -2.29. The molecule has 1 N–H and O–H groups in total. The van der Waals surface area contributed by atoms with Gasteiger partial charge in [-0.15, -0.1) is 10.2 Å². The summed E-state index contributed by atoms with van der Waals surface area (Å²) in [5.41, 5.74) is 0.209. The third-order valence-corrected chi connectivity index (χ3v) is 4.40. The van der Waals surface area contributed by atoms with Crippen molar-refractivity contribution in [3.8, 4) is 11.4 Å². The largest absolute Gasteiger partial charge is 0.380 e. The number of rotatable bonds is 5. The number of hydrogen-bond acceptors (Lipinski definition) is 5. The lowest BCUT2D eigenvalue weighted by molar-refractivity contribution is 0.140. The topological polar surface area (TPSA) is 99.2 Å². The third-order valence-electron chi connectivity index (χ3n) is 4.40. The van der Waals surface area contributed by atoms with Crippen LogP contribution in [0.3, 0.4) is 0 Å². The minimum absolute atomic E-state index is 0.296. The van der Waals surface area contributed by atoms with Crippen molar-refractivity contribution in [3.05, 3.63) is 50.9 Å². The lowest BCUT2D eigenvalue weighted by atomic mass is 10.2. The van der Waals surface area contributed by atoms with Gasteiger partial charge in [0.15, 0.2) is 17.0 Å². The maximum absolute atomic E-state index is 13.3. The predicted octanol–water partition coefficient (Wildman–Crippen LogP) is 0.914. The van der Waals surface area contributed by atoms with Crippen LogP contribution >= 0.6 is 0 Å². The molecule has 0 saturated carbocycles. The molecule has 0 bridgehead atoms. The van der Waals surface area contributed by atoms with Crippen molar-refractivity contribution in [2.75, 3.05) is 13.2 Å². The van der Waals surface area contributed by atoms with Crippen molar-refractivity contribution in [3.63, 3.8) is 0 Å². The average molecular weight is 372 g/mol. The number of aromatic amines is 1. The van der Waals surface area contributed by atoms with E-state index in [1.807, 2.05) is 6.92 Å². The highest BCUT2D eigenvalue weighted by molar-refractivity contribution is 5.79. The van der Waals surface area contributed by atoms with Crippen molar-refractivity contribution in [1.82, 2.24) is 28.7 Å². The van der Waals surface area contributed by atoms with Gasteiger partial charge in [0, 0.05) is 25.8 Å². The molecule has 0 fully saturated rings. The zero-order chi connectivity index (χ0) is 19.1. The number of benzene rings is 1. The Morgan fingerprint density at radius 2 is 1.93 bits per heavy atom. The van der Waals surface area contributed by atoms with Crippen LogP contribution in [-0.4, -0.2) is 41.9 Å². The molecule has 3 aromatic heterocycles. The van der Waals surface area contributed by atoms with E-state index in [-0.39, 0.29) is 5.82 Å². The van der Waals surface area contributed by atoms with E-state index in [0.29, 0.717) is 48.1 Å². The minimum atomic E-state index is -0.546. The lowest BCUT2D eigenvalue weighted by Gasteiger charge is -2.05. The predicted molar refractivity (Wildman–Crippen MR) is 96.2 cm³/mol. The Morgan fingerprint density at radius 3 is 2.63 bits per heavy atom. The monoisotopic (exact) mass is 372 g/mol. The molecule has 9 nitrogen and oxygen atoms in total. The first-order valence-electron chi connectivity index (χ1n) is 8.43. The molecule has 0 aliphatic heterocycles. The van der Waals surface area contributed by atoms with Crippen LogP contribution < -0.4 is 11.2 Å². The Labute approximate surface area is 151 Å². The molecule has 0 unspecified atom stereocenters. The van der Waals surface area contributed by atoms with Crippen LogP contribution in [0.25, 0.3) is 28.3 Å². The molecule has 0 saturated heterocycles. The summed E-state index contributed by atoms with van der Waals surface area (Å²) in [6.07, 6.45) is 0. The van der Waals surface area contributed by atoms with Gasteiger partial charge >= 0.3 is 5.69 Å². The molecule has 0 aliphatic rings. The third kappa shape index (κ3) is 2.65. The highest BCUT2D eigenvalue weighted by atomic mass is 19.1. The Morgan fingerprint density at radius 1 is 1.19 bits per heavy atom. The summed E-state index contributed by atoms with van der Waals surface area (Å²) in [5.74, 6) is 0.434. The molecule has 4 aromatic rings. The zero-order valence-electron chi connectivity index (χ0n) is 14.8. The summed E-state index contributed by atoms with van der Waals surface area (Å²) >= 11 is 0. The van der Waals surface area contributed by atoms with Crippen molar-refractivity contribution in [1.29, 1.82) is 0 Å². The summed E-state index contributed by atoms with van der Waals surface area (Å²) in [6.45, 7) is 3.15. The van der Waals surface area contributed by atoms with E-state index >= 15 is 0 Å². The second-order valence-electron chi connectivity index (χ2n) is 6.00. The molecule has 0 spiro atoms. The summed E-state index contributed by atoms with van der Waals surface area (Å²) in [5, 5.41) is 8.40. The zero-order valence-corrected chi connectivity index (χ0v) is 14.8. The van der Waals surface area contributed by atoms with Gasteiger partial charge in [0.1, 0.15) is 5.82 Å². The minimum Gasteiger partial charge on any atom is -0.380 e. The number of imidazole rings is 1. The van der Waals surface area contributed by atoms with Crippen LogP contribution in [0.1, 0.15) is 6.92 Å². The van der Waals surface area contributed by atoms with E-state index in [4.69, 9.17) is 4.74 Å². The first-order valence-corrected chi connectivity index (χ1v) is 8.43. The van der Waals surface area contributed by atoms with Crippen molar-refractivity contribution >= 4 is 16.9 Å². The van der Waals surface area contributed by atoms with E-state index in [1.54, 1.807) is 28.1 Å². The number of aryl methyl sites for hydroxylation is 1. The number of hydrogen-bond donors (Lipinski definition) is 1. The van der Waals surface area contributed by atoms with Crippen LogP contribution in [0.2, 0.25) is 0 Å². The summed E-state index contributed by atoms with van der Waals surface area (Å²) in [4.78, 5) is 27.0. The van der Waals surface area contributed by atoms with Crippen molar-refractivity contribution in [2.45, 2.75) is 13.5 Å². The maximum Gasteiger partial charge on any atom is 0.329 e. The molecular weight excluding hydrogens is 355 g/mol. The molecule has 0 amide bonds. The van der Waals surface area contributed by atoms with E-state index in [0.717, 1.165) is 0 Å². The van der Waals surface area contributed by atoms with Gasteiger partial charge in [-0.25, -0.2) is 13.6 Å². The standard InChI is InChI=1S/C17H17FN6O3/c1-3-27-9-8-23-12-14(25)19-17(26)22(2)15(12)24-13(20-21-16(23)24)10-4-6-11(18)7-5-10/h4-7H,3,8-9H2,1-2H3,(H,19,25,26). The Bertz CT molecular complexity index is 1250. The Kier molecular flexibility index (Phi) is 4.11. The molecule has 140 valence electrons. The smallest absolute Gasteiger partial charge is 0.329 e. The van der Waals surface area contributed by atoms with Crippen molar-refractivity contribution in [2.24, 2.45) is 7.05 Å². The average Bonchev–Trinajstić information content (AvgIpc) is 3.20. The number of nitrogens with one attached hydrogen (secondary N) is 1. The molecule has 10 heteroatoms. The molecule has 0 radical (unpaired) electrons. The van der Waals surface area contributed by atoms with E-state index < -0.39 is 11.2 Å². The summed E-state index contributed by atoms with van der Waals surface area (Å²) in [6, 6.07) is 5.77. The van der Waals surface area contributed by atoms with Gasteiger partial charge in [-0.3, -0.25) is 14.3 Å². The van der Waals surface area contributed by atoms with E-state index in [2.05, 4.69) is 15.2 Å². The van der Waals surface area contributed by atoms with Crippen molar-refractivity contribution < 1.29 is 9.13 Å². The van der Waals surface area contributed by atoms with Crippen LogP contribution in [-0.2, 0) is 18.3 Å². The van der Waals surface area contributed by atoms with Gasteiger partial charge in [0.2, 0.25) is 5.78 Å². The molecule has 4 rings (SSSR count). The Balaban J connectivity index is 2.08. The van der Waals surface area contributed by atoms with Gasteiger partial charge in [-0.05, 0) is 31.2 Å². The quantitative estimate of drug-likeness (QED) is 0.525. The van der Waals surface area contributed by atoms with Crippen LogP contribution in [0, 0.1) is 5.82 Å². The first-order chi connectivity index (χ1) is 13.0. The fraction of sp³-hybridized carbons (Fsp3) is 0.294. The normalized spacial score (nSPS) is 11.7. The number of fused-ring (bicyclic) bond motifs is 3. The van der Waals surface area contributed by atoms with Gasteiger partial charge in [-0.1, -0.05) is 0 Å². The van der Waals surface area contributed by atoms with Crippen LogP contribution in [0.4, 0.5) is 4.39 Å². The van der Waals surface area contributed by atoms with Crippen LogP contribution in [0.5, 0.6) is 0 Å². The number of nitrogens with zero attached hydrogens (tertiary/aromatic N) is 5. The van der Waals surface area contributed by atoms with E-state index in [1.165, 1.54) is 16.7 Å². The number of aromatic nitrogens is 6. The molecule has 3 heterocycles. The maximum atomic E-state index is 13.3. The second-order valence-corrected chi connectivity index (χ2v) is 6.00. The first kappa shape index (κ1) is 17.2.